The van der Waals surface area contributed by atoms with E-state index in [4.69, 9.17) is 0 Å². The molecule has 1 heterocycles. The summed E-state index contributed by atoms with van der Waals surface area (Å²) in [5.41, 5.74) is 2.02. The number of aromatic nitrogens is 1. The fraction of sp³-hybridized carbons (Fsp3) is 0.167. The number of rotatable bonds is 3. The summed E-state index contributed by atoms with van der Waals surface area (Å²) in [5, 5.41) is 9.87. The molecular weight excluding hydrogens is 174 g/mol. The van der Waals surface area contributed by atoms with Crippen molar-refractivity contribution in [3.63, 3.8) is 0 Å². The van der Waals surface area contributed by atoms with Crippen LogP contribution in [0.25, 0.3) is 0 Å². The second-order valence-electron chi connectivity index (χ2n) is 3.33. The molecule has 72 valence electrons. The summed E-state index contributed by atoms with van der Waals surface area (Å²) in [6, 6.07) is 13.6. The minimum Gasteiger partial charge on any atom is -0.388 e. The zero-order chi connectivity index (χ0) is 9.80. The molecule has 1 aromatic heterocycles. The van der Waals surface area contributed by atoms with Gasteiger partial charge < -0.3 is 10.1 Å². The molecule has 2 aromatic rings. The van der Waals surface area contributed by atoms with Crippen LogP contribution in [0.3, 0.4) is 0 Å². The van der Waals surface area contributed by atoms with Gasteiger partial charge in [0.15, 0.2) is 0 Å². The summed E-state index contributed by atoms with van der Waals surface area (Å²) in [6.45, 7) is 0. The fourth-order valence-electron chi connectivity index (χ4n) is 1.50. The third kappa shape index (κ3) is 2.03. The minimum atomic E-state index is -0.421. The van der Waals surface area contributed by atoms with E-state index in [1.54, 1.807) is 0 Å². The molecule has 0 aliphatic carbocycles. The Labute approximate surface area is 83.2 Å². The highest BCUT2D eigenvalue weighted by Crippen LogP contribution is 2.16. The first-order valence-electron chi connectivity index (χ1n) is 4.71. The molecule has 1 aromatic carbocycles. The molecule has 0 aliphatic rings. The molecule has 1 atom stereocenters. The van der Waals surface area contributed by atoms with E-state index in [0.717, 1.165) is 11.3 Å². The van der Waals surface area contributed by atoms with E-state index in [-0.39, 0.29) is 0 Å². The highest BCUT2D eigenvalue weighted by molar-refractivity contribution is 5.19. The molecule has 0 saturated heterocycles. The molecule has 14 heavy (non-hydrogen) atoms. The Hall–Kier alpha value is -1.54. The van der Waals surface area contributed by atoms with Gasteiger partial charge in [0.25, 0.3) is 0 Å². The number of hydrogen-bond acceptors (Lipinski definition) is 1. The van der Waals surface area contributed by atoms with Crippen molar-refractivity contribution < 1.29 is 5.11 Å². The Morgan fingerprint density at radius 2 is 1.86 bits per heavy atom. The van der Waals surface area contributed by atoms with Crippen molar-refractivity contribution in [1.29, 1.82) is 0 Å². The summed E-state index contributed by atoms with van der Waals surface area (Å²) in [6.07, 6.45) is 2.08. The number of nitrogens with one attached hydrogen (secondary N) is 1. The topological polar surface area (TPSA) is 36.0 Å². The van der Waals surface area contributed by atoms with Gasteiger partial charge in [0.2, 0.25) is 0 Å². The van der Waals surface area contributed by atoms with Crippen molar-refractivity contribution in [2.75, 3.05) is 0 Å². The van der Waals surface area contributed by atoms with Gasteiger partial charge in [-0.3, -0.25) is 0 Å². The summed E-state index contributed by atoms with van der Waals surface area (Å²) in [4.78, 5) is 3.08. The third-order valence-electron chi connectivity index (χ3n) is 2.26. The summed E-state index contributed by atoms with van der Waals surface area (Å²) in [7, 11) is 0. The van der Waals surface area contributed by atoms with Gasteiger partial charge in [-0.2, -0.15) is 0 Å². The normalized spacial score (nSPS) is 12.6. The minimum absolute atomic E-state index is 0.421. The van der Waals surface area contributed by atoms with E-state index >= 15 is 0 Å². The average molecular weight is 187 g/mol. The third-order valence-corrected chi connectivity index (χ3v) is 2.26. The molecule has 0 aliphatic heterocycles. The maximum atomic E-state index is 9.87. The van der Waals surface area contributed by atoms with Gasteiger partial charge in [-0.1, -0.05) is 30.3 Å². The van der Waals surface area contributed by atoms with E-state index in [1.165, 1.54) is 0 Å². The zero-order valence-electron chi connectivity index (χ0n) is 7.85. The Bertz CT molecular complexity index is 366. The van der Waals surface area contributed by atoms with Crippen LogP contribution in [-0.2, 0) is 6.42 Å². The van der Waals surface area contributed by atoms with Crippen LogP contribution in [0.1, 0.15) is 17.4 Å². The maximum absolute atomic E-state index is 9.87. The second kappa shape index (κ2) is 4.11. The molecule has 1 unspecified atom stereocenters. The zero-order valence-corrected chi connectivity index (χ0v) is 7.85. The molecule has 0 amide bonds. The number of H-pyrrole nitrogens is 1. The van der Waals surface area contributed by atoms with Gasteiger partial charge in [0.05, 0.1) is 6.10 Å². The monoisotopic (exact) mass is 187 g/mol. The molecule has 0 saturated carbocycles. The summed E-state index contributed by atoms with van der Waals surface area (Å²) >= 11 is 0. The average Bonchev–Trinajstić information content (AvgIpc) is 2.72. The van der Waals surface area contributed by atoms with Gasteiger partial charge in [-0.15, -0.1) is 0 Å². The summed E-state index contributed by atoms with van der Waals surface area (Å²) in [5.74, 6) is 0. The number of aliphatic hydroxyl groups is 1. The Morgan fingerprint density at radius 3 is 2.50 bits per heavy atom. The standard InChI is InChI=1S/C12H13NO/c14-12(9-11-7-4-8-13-11)10-5-2-1-3-6-10/h1-8,12-14H,9H2. The largest absolute Gasteiger partial charge is 0.388 e. The van der Waals surface area contributed by atoms with E-state index < -0.39 is 6.10 Å². The van der Waals surface area contributed by atoms with Gasteiger partial charge in [-0.05, 0) is 17.7 Å². The lowest BCUT2D eigenvalue weighted by molar-refractivity contribution is 0.177. The molecule has 0 spiro atoms. The molecule has 0 fully saturated rings. The highest BCUT2D eigenvalue weighted by atomic mass is 16.3. The smallest absolute Gasteiger partial charge is 0.0844 e. The van der Waals surface area contributed by atoms with Crippen molar-refractivity contribution in [3.8, 4) is 0 Å². The molecule has 0 bridgehead atoms. The van der Waals surface area contributed by atoms with Crippen LogP contribution >= 0.6 is 0 Å². The van der Waals surface area contributed by atoms with Crippen LogP contribution in [0.5, 0.6) is 0 Å². The van der Waals surface area contributed by atoms with Crippen LogP contribution in [-0.4, -0.2) is 10.1 Å². The van der Waals surface area contributed by atoms with Gasteiger partial charge >= 0.3 is 0 Å². The first-order valence-corrected chi connectivity index (χ1v) is 4.71. The van der Waals surface area contributed by atoms with Gasteiger partial charge in [0, 0.05) is 18.3 Å². The molecular formula is C12H13NO. The van der Waals surface area contributed by atoms with Crippen LogP contribution in [0.15, 0.2) is 48.7 Å². The van der Waals surface area contributed by atoms with Crippen LogP contribution < -0.4 is 0 Å². The van der Waals surface area contributed by atoms with Gasteiger partial charge in [0.1, 0.15) is 0 Å². The summed E-state index contributed by atoms with van der Waals surface area (Å²) < 4.78 is 0. The SMILES string of the molecule is OC(Cc1ccc[nH]1)c1ccccc1. The number of benzene rings is 1. The van der Waals surface area contributed by atoms with Gasteiger partial charge in [-0.25, -0.2) is 0 Å². The van der Waals surface area contributed by atoms with E-state index in [9.17, 15) is 5.11 Å². The van der Waals surface area contributed by atoms with Crippen LogP contribution in [0.2, 0.25) is 0 Å². The maximum Gasteiger partial charge on any atom is 0.0844 e. The Morgan fingerprint density at radius 1 is 1.07 bits per heavy atom. The Kier molecular flexibility index (Phi) is 2.65. The second-order valence-corrected chi connectivity index (χ2v) is 3.33. The first kappa shape index (κ1) is 9.03. The van der Waals surface area contributed by atoms with Crippen molar-refractivity contribution in [2.45, 2.75) is 12.5 Å². The Balaban J connectivity index is 2.07. The first-order chi connectivity index (χ1) is 6.86. The van der Waals surface area contributed by atoms with Crippen molar-refractivity contribution in [3.05, 3.63) is 59.9 Å². The van der Waals surface area contributed by atoms with E-state index in [1.807, 2.05) is 48.7 Å². The van der Waals surface area contributed by atoms with Crippen LogP contribution in [0, 0.1) is 0 Å². The van der Waals surface area contributed by atoms with Crippen molar-refractivity contribution in [2.24, 2.45) is 0 Å². The lowest BCUT2D eigenvalue weighted by atomic mass is 10.1. The quantitative estimate of drug-likeness (QED) is 0.759. The molecule has 2 N–H and O–H groups in total. The van der Waals surface area contributed by atoms with Crippen molar-refractivity contribution in [1.82, 2.24) is 4.98 Å². The number of hydrogen-bond donors (Lipinski definition) is 2. The lowest BCUT2D eigenvalue weighted by Crippen LogP contribution is -2.01. The predicted molar refractivity (Wildman–Crippen MR) is 55.9 cm³/mol. The van der Waals surface area contributed by atoms with Crippen molar-refractivity contribution >= 4 is 0 Å². The molecule has 2 nitrogen and oxygen atoms in total. The van der Waals surface area contributed by atoms with E-state index in [0.29, 0.717) is 6.42 Å². The number of aliphatic hydroxyl groups excluding tert-OH is 1. The highest BCUT2D eigenvalue weighted by Gasteiger charge is 2.07. The molecule has 0 radical (unpaired) electrons. The lowest BCUT2D eigenvalue weighted by Gasteiger charge is -2.09. The molecule has 2 rings (SSSR count). The fourth-order valence-corrected chi connectivity index (χ4v) is 1.50. The number of aromatic amines is 1. The van der Waals surface area contributed by atoms with E-state index in [2.05, 4.69) is 4.98 Å². The predicted octanol–water partition coefficient (Wildman–Crippen LogP) is 2.29. The molecule has 2 heteroatoms. The van der Waals surface area contributed by atoms with Crippen LogP contribution in [0.4, 0.5) is 0 Å².